The van der Waals surface area contributed by atoms with Gasteiger partial charge >= 0.3 is 11.6 Å². The molecule has 0 bridgehead atoms. The predicted molar refractivity (Wildman–Crippen MR) is 115 cm³/mol. The number of esters is 1. The third-order valence-corrected chi connectivity index (χ3v) is 4.79. The third-order valence-electron chi connectivity index (χ3n) is 4.79. The van der Waals surface area contributed by atoms with Gasteiger partial charge in [0.25, 0.3) is 0 Å². The molecule has 30 heavy (non-hydrogen) atoms. The standard InChI is InChI=1S/C23H22N2O5/c1-4-6-21(26)28-13-15-10-22(27)29-19-12-20-18(11-17(15)19)24-23(30-20)14-7-5-8-16(9-14)25(2)3/h5,7-12H,4,6,13H2,1-3H3. The molecule has 0 aliphatic carbocycles. The monoisotopic (exact) mass is 406 g/mol. The number of benzene rings is 2. The van der Waals surface area contributed by atoms with Gasteiger partial charge in [-0.25, -0.2) is 9.78 Å². The van der Waals surface area contributed by atoms with E-state index in [4.69, 9.17) is 13.6 Å². The summed E-state index contributed by atoms with van der Waals surface area (Å²) in [6, 6.07) is 12.6. The quantitative estimate of drug-likeness (QED) is 0.344. The SMILES string of the molecule is CCCC(=O)OCc1cc(=O)oc2cc3oc(-c4cccc(N(C)C)c4)nc3cc12. The Morgan fingerprint density at radius 3 is 2.70 bits per heavy atom. The van der Waals surface area contributed by atoms with Crippen LogP contribution in [0.25, 0.3) is 33.5 Å². The van der Waals surface area contributed by atoms with Gasteiger partial charge in [0.1, 0.15) is 17.7 Å². The lowest BCUT2D eigenvalue weighted by atomic mass is 10.1. The normalized spacial score (nSPS) is 11.2. The summed E-state index contributed by atoms with van der Waals surface area (Å²) in [4.78, 5) is 30.3. The van der Waals surface area contributed by atoms with Crippen molar-refractivity contribution in [2.24, 2.45) is 0 Å². The smallest absolute Gasteiger partial charge is 0.336 e. The fraction of sp³-hybridized carbons (Fsp3) is 0.261. The average molecular weight is 406 g/mol. The van der Waals surface area contributed by atoms with Gasteiger partial charge in [0.2, 0.25) is 5.89 Å². The second kappa shape index (κ2) is 8.02. The molecule has 0 aliphatic heterocycles. The van der Waals surface area contributed by atoms with Crippen LogP contribution < -0.4 is 10.5 Å². The minimum atomic E-state index is -0.512. The lowest BCUT2D eigenvalue weighted by Crippen LogP contribution is -2.08. The van der Waals surface area contributed by atoms with E-state index in [0.29, 0.717) is 46.4 Å². The molecule has 7 heteroatoms. The number of ether oxygens (including phenoxy) is 1. The van der Waals surface area contributed by atoms with Gasteiger partial charge in [0, 0.05) is 54.8 Å². The molecular formula is C23H22N2O5. The summed E-state index contributed by atoms with van der Waals surface area (Å²) in [6.45, 7) is 1.91. The Morgan fingerprint density at radius 2 is 1.93 bits per heavy atom. The first kappa shape index (κ1) is 19.7. The highest BCUT2D eigenvalue weighted by Gasteiger charge is 2.14. The van der Waals surface area contributed by atoms with E-state index in [1.165, 1.54) is 6.07 Å². The Morgan fingerprint density at radius 1 is 1.10 bits per heavy atom. The highest BCUT2D eigenvalue weighted by molar-refractivity contribution is 5.93. The molecule has 7 nitrogen and oxygen atoms in total. The fourth-order valence-electron chi connectivity index (χ4n) is 3.24. The Hall–Kier alpha value is -3.61. The molecule has 2 aromatic heterocycles. The van der Waals surface area contributed by atoms with Gasteiger partial charge in [-0.15, -0.1) is 0 Å². The van der Waals surface area contributed by atoms with E-state index >= 15 is 0 Å². The van der Waals surface area contributed by atoms with Crippen LogP contribution in [0.3, 0.4) is 0 Å². The molecule has 0 saturated carbocycles. The fourth-order valence-corrected chi connectivity index (χ4v) is 3.24. The van der Waals surface area contributed by atoms with Crippen LogP contribution in [0, 0.1) is 0 Å². The van der Waals surface area contributed by atoms with Crippen LogP contribution in [0.1, 0.15) is 25.3 Å². The van der Waals surface area contributed by atoms with Crippen LogP contribution in [-0.2, 0) is 16.1 Å². The van der Waals surface area contributed by atoms with Gasteiger partial charge < -0.3 is 18.5 Å². The molecule has 0 radical (unpaired) electrons. The van der Waals surface area contributed by atoms with E-state index in [-0.39, 0.29) is 12.6 Å². The van der Waals surface area contributed by atoms with Crippen molar-refractivity contribution in [3.05, 3.63) is 58.4 Å². The molecule has 2 aromatic carbocycles. The minimum Gasteiger partial charge on any atom is -0.461 e. The van der Waals surface area contributed by atoms with Gasteiger partial charge in [-0.2, -0.15) is 0 Å². The molecule has 0 unspecified atom stereocenters. The van der Waals surface area contributed by atoms with Crippen molar-refractivity contribution in [2.45, 2.75) is 26.4 Å². The summed E-state index contributed by atoms with van der Waals surface area (Å²) < 4.78 is 16.6. The summed E-state index contributed by atoms with van der Waals surface area (Å²) in [5.74, 6) is 0.173. The van der Waals surface area contributed by atoms with Gasteiger partial charge in [-0.1, -0.05) is 13.0 Å². The zero-order valence-corrected chi connectivity index (χ0v) is 17.1. The van der Waals surface area contributed by atoms with Crippen LogP contribution in [0.5, 0.6) is 0 Å². The number of carbonyl (C=O) groups is 1. The lowest BCUT2D eigenvalue weighted by Gasteiger charge is -2.12. The molecule has 154 valence electrons. The molecule has 0 fully saturated rings. The number of hydrogen-bond acceptors (Lipinski definition) is 7. The van der Waals surface area contributed by atoms with Crippen molar-refractivity contribution in [3.63, 3.8) is 0 Å². The number of anilines is 1. The summed E-state index contributed by atoms with van der Waals surface area (Å²) in [5.41, 5.74) is 3.44. The van der Waals surface area contributed by atoms with Crippen molar-refractivity contribution in [1.82, 2.24) is 4.98 Å². The van der Waals surface area contributed by atoms with Gasteiger partial charge in [-0.05, 0) is 30.7 Å². The third kappa shape index (κ3) is 3.91. The molecule has 0 saturated heterocycles. The van der Waals surface area contributed by atoms with Crippen molar-refractivity contribution < 1.29 is 18.4 Å². The van der Waals surface area contributed by atoms with Crippen molar-refractivity contribution in [3.8, 4) is 11.5 Å². The average Bonchev–Trinajstić information content (AvgIpc) is 3.13. The lowest BCUT2D eigenvalue weighted by molar-refractivity contribution is -0.144. The maximum absolute atomic E-state index is 12.0. The number of hydrogen-bond donors (Lipinski definition) is 0. The molecule has 0 aliphatic rings. The highest BCUT2D eigenvalue weighted by Crippen LogP contribution is 2.30. The number of fused-ring (bicyclic) bond motifs is 2. The van der Waals surface area contributed by atoms with Crippen LogP contribution in [0.4, 0.5) is 5.69 Å². The summed E-state index contributed by atoms with van der Waals surface area (Å²) in [7, 11) is 3.93. The minimum absolute atomic E-state index is 0.00201. The van der Waals surface area contributed by atoms with Crippen molar-refractivity contribution in [2.75, 3.05) is 19.0 Å². The largest absolute Gasteiger partial charge is 0.461 e. The van der Waals surface area contributed by atoms with E-state index in [0.717, 1.165) is 11.3 Å². The second-order valence-electron chi connectivity index (χ2n) is 7.28. The van der Waals surface area contributed by atoms with Crippen LogP contribution in [-0.4, -0.2) is 25.0 Å². The number of oxazole rings is 1. The topological polar surface area (TPSA) is 85.8 Å². The summed E-state index contributed by atoms with van der Waals surface area (Å²) >= 11 is 0. The summed E-state index contributed by atoms with van der Waals surface area (Å²) in [5, 5.41) is 0.660. The number of carbonyl (C=O) groups excluding carboxylic acids is 1. The second-order valence-corrected chi connectivity index (χ2v) is 7.28. The molecule has 4 aromatic rings. The van der Waals surface area contributed by atoms with E-state index < -0.39 is 5.63 Å². The maximum atomic E-state index is 12.0. The first-order chi connectivity index (χ1) is 14.4. The molecule has 0 spiro atoms. The van der Waals surface area contributed by atoms with E-state index in [9.17, 15) is 9.59 Å². The van der Waals surface area contributed by atoms with Crippen molar-refractivity contribution >= 4 is 33.7 Å². The molecule has 2 heterocycles. The number of aromatic nitrogens is 1. The van der Waals surface area contributed by atoms with Crippen molar-refractivity contribution in [1.29, 1.82) is 0 Å². The first-order valence-corrected chi connectivity index (χ1v) is 9.75. The Kier molecular flexibility index (Phi) is 5.27. The van der Waals surface area contributed by atoms with E-state index in [1.807, 2.05) is 50.2 Å². The number of nitrogens with zero attached hydrogens (tertiary/aromatic N) is 2. The Labute approximate surface area is 172 Å². The predicted octanol–water partition coefficient (Wildman–Crippen LogP) is 4.51. The van der Waals surface area contributed by atoms with Gasteiger partial charge in [0.15, 0.2) is 5.58 Å². The molecule has 4 rings (SSSR count). The van der Waals surface area contributed by atoms with Crippen LogP contribution >= 0.6 is 0 Å². The van der Waals surface area contributed by atoms with E-state index in [2.05, 4.69) is 4.98 Å². The van der Waals surface area contributed by atoms with Gasteiger partial charge in [-0.3, -0.25) is 4.79 Å². The van der Waals surface area contributed by atoms with Gasteiger partial charge in [0.05, 0.1) is 0 Å². The zero-order chi connectivity index (χ0) is 21.3. The van der Waals surface area contributed by atoms with Crippen LogP contribution in [0.15, 0.2) is 56.1 Å². The molecule has 0 N–H and O–H groups in total. The maximum Gasteiger partial charge on any atom is 0.336 e. The zero-order valence-electron chi connectivity index (χ0n) is 17.1. The molecule has 0 amide bonds. The Bertz CT molecular complexity index is 1290. The summed E-state index contributed by atoms with van der Waals surface area (Å²) in [6.07, 6.45) is 1.04. The number of rotatable bonds is 6. The highest BCUT2D eigenvalue weighted by atomic mass is 16.5. The molecular weight excluding hydrogens is 384 g/mol. The Balaban J connectivity index is 1.76. The van der Waals surface area contributed by atoms with E-state index in [1.54, 1.807) is 12.1 Å². The molecule has 0 atom stereocenters. The first-order valence-electron chi connectivity index (χ1n) is 9.75. The van der Waals surface area contributed by atoms with Crippen LogP contribution in [0.2, 0.25) is 0 Å².